The van der Waals surface area contributed by atoms with Crippen molar-refractivity contribution < 1.29 is 0 Å². The minimum Gasteiger partial charge on any atom is -0.265 e. The van der Waals surface area contributed by atoms with E-state index in [4.69, 9.17) is 0 Å². The maximum absolute atomic E-state index is 3.96. The first-order valence-electron chi connectivity index (χ1n) is 3.91. The number of rotatable bonds is 3. The zero-order chi connectivity index (χ0) is 8.10. The molecule has 0 bridgehead atoms. The Bertz CT molecular complexity index is 216. The van der Waals surface area contributed by atoms with E-state index < -0.39 is 0 Å². The van der Waals surface area contributed by atoms with Crippen molar-refractivity contribution in [1.82, 2.24) is 4.98 Å². The molecule has 0 saturated heterocycles. The van der Waals surface area contributed by atoms with Crippen LogP contribution in [0.1, 0.15) is 24.8 Å². The lowest BCUT2D eigenvalue weighted by molar-refractivity contribution is 0.805. The molecular weight excluding hydrogens is 134 g/mol. The van der Waals surface area contributed by atoms with E-state index in [1.165, 1.54) is 5.56 Å². The second-order valence-electron chi connectivity index (χ2n) is 2.53. The van der Waals surface area contributed by atoms with Crippen molar-refractivity contribution in [3.8, 4) is 0 Å². The molecular formula is C10H13N. The third-order valence-corrected chi connectivity index (χ3v) is 1.86. The Morgan fingerprint density at radius 1 is 1.55 bits per heavy atom. The molecule has 1 atom stereocenters. The minimum absolute atomic E-state index is 0.484. The Labute approximate surface area is 67.8 Å². The lowest BCUT2D eigenvalue weighted by Gasteiger charge is -2.07. The van der Waals surface area contributed by atoms with Crippen molar-refractivity contribution in [3.05, 3.63) is 42.7 Å². The molecule has 1 heterocycles. The first-order chi connectivity index (χ1) is 5.38. The van der Waals surface area contributed by atoms with Crippen molar-refractivity contribution >= 4 is 0 Å². The van der Waals surface area contributed by atoms with E-state index >= 15 is 0 Å². The average molecular weight is 147 g/mol. The molecule has 58 valence electrons. The highest BCUT2D eigenvalue weighted by Crippen LogP contribution is 2.18. The average Bonchev–Trinajstić information content (AvgIpc) is 2.09. The monoisotopic (exact) mass is 147 g/mol. The van der Waals surface area contributed by atoms with Gasteiger partial charge >= 0.3 is 0 Å². The lowest BCUT2D eigenvalue weighted by Crippen LogP contribution is -1.91. The van der Waals surface area contributed by atoms with Crippen LogP contribution in [-0.2, 0) is 0 Å². The fourth-order valence-corrected chi connectivity index (χ4v) is 1.15. The predicted octanol–water partition coefficient (Wildman–Crippen LogP) is 2.76. The molecule has 0 aliphatic rings. The summed E-state index contributed by atoms with van der Waals surface area (Å²) < 4.78 is 0. The lowest BCUT2D eigenvalue weighted by atomic mass is 9.98. The van der Waals surface area contributed by atoms with Crippen LogP contribution in [0, 0.1) is 0 Å². The highest BCUT2D eigenvalue weighted by Gasteiger charge is 2.01. The van der Waals surface area contributed by atoms with Crippen LogP contribution in [0.15, 0.2) is 37.2 Å². The van der Waals surface area contributed by atoms with Crippen molar-refractivity contribution in [2.45, 2.75) is 19.3 Å². The molecule has 1 aromatic heterocycles. The Morgan fingerprint density at radius 3 is 2.64 bits per heavy atom. The molecule has 1 heteroatoms. The summed E-state index contributed by atoms with van der Waals surface area (Å²) in [6.07, 6.45) is 6.73. The van der Waals surface area contributed by atoms with E-state index in [0.29, 0.717) is 5.92 Å². The van der Waals surface area contributed by atoms with Gasteiger partial charge < -0.3 is 0 Å². The van der Waals surface area contributed by atoms with E-state index in [0.717, 1.165) is 6.42 Å². The highest BCUT2D eigenvalue weighted by atomic mass is 14.6. The summed E-state index contributed by atoms with van der Waals surface area (Å²) in [6, 6.07) is 4.08. The van der Waals surface area contributed by atoms with Crippen LogP contribution in [0.4, 0.5) is 0 Å². The van der Waals surface area contributed by atoms with Crippen molar-refractivity contribution in [2.24, 2.45) is 0 Å². The molecule has 0 saturated carbocycles. The van der Waals surface area contributed by atoms with Crippen LogP contribution in [0.25, 0.3) is 0 Å². The third-order valence-electron chi connectivity index (χ3n) is 1.86. The molecule has 1 nitrogen and oxygen atoms in total. The van der Waals surface area contributed by atoms with Gasteiger partial charge in [0.1, 0.15) is 0 Å². The normalized spacial score (nSPS) is 12.5. The summed E-state index contributed by atoms with van der Waals surface area (Å²) in [7, 11) is 0. The summed E-state index contributed by atoms with van der Waals surface area (Å²) in [5, 5.41) is 0. The number of pyridine rings is 1. The van der Waals surface area contributed by atoms with Gasteiger partial charge in [0.2, 0.25) is 0 Å². The van der Waals surface area contributed by atoms with Gasteiger partial charge in [0.05, 0.1) is 0 Å². The van der Waals surface area contributed by atoms with Gasteiger partial charge in [-0.15, -0.1) is 6.58 Å². The molecule has 11 heavy (non-hydrogen) atoms. The van der Waals surface area contributed by atoms with E-state index in [1.54, 1.807) is 0 Å². The Hall–Kier alpha value is -1.11. The molecule has 0 aliphatic carbocycles. The molecule has 1 aromatic rings. The maximum atomic E-state index is 3.96. The van der Waals surface area contributed by atoms with Crippen LogP contribution >= 0.6 is 0 Å². The van der Waals surface area contributed by atoms with E-state index in [9.17, 15) is 0 Å². The number of nitrogens with zero attached hydrogens (tertiary/aromatic N) is 1. The third kappa shape index (κ3) is 1.90. The number of hydrogen-bond acceptors (Lipinski definition) is 1. The van der Waals surface area contributed by atoms with E-state index in [1.807, 2.05) is 30.6 Å². The summed E-state index contributed by atoms with van der Waals surface area (Å²) >= 11 is 0. The first kappa shape index (κ1) is 7.99. The predicted molar refractivity (Wildman–Crippen MR) is 47.5 cm³/mol. The molecule has 0 radical (unpaired) electrons. The molecule has 1 rings (SSSR count). The van der Waals surface area contributed by atoms with Crippen LogP contribution in [0.2, 0.25) is 0 Å². The van der Waals surface area contributed by atoms with Gasteiger partial charge in [0.25, 0.3) is 0 Å². The van der Waals surface area contributed by atoms with Crippen LogP contribution in [0.3, 0.4) is 0 Å². The first-order valence-corrected chi connectivity index (χ1v) is 3.91. The van der Waals surface area contributed by atoms with Crippen molar-refractivity contribution in [1.29, 1.82) is 0 Å². The summed E-state index contributed by atoms with van der Waals surface area (Å²) in [4.78, 5) is 3.96. The molecule has 0 unspecified atom stereocenters. The van der Waals surface area contributed by atoms with Gasteiger partial charge in [-0.2, -0.15) is 0 Å². The van der Waals surface area contributed by atoms with Gasteiger partial charge in [-0.25, -0.2) is 0 Å². The van der Waals surface area contributed by atoms with Gasteiger partial charge in [0, 0.05) is 18.3 Å². The quantitative estimate of drug-likeness (QED) is 0.599. The SMILES string of the molecule is C=C[C@H](CC)c1ccncc1. The fourth-order valence-electron chi connectivity index (χ4n) is 1.15. The Kier molecular flexibility index (Phi) is 2.84. The summed E-state index contributed by atoms with van der Waals surface area (Å²) in [5.41, 5.74) is 1.30. The van der Waals surface area contributed by atoms with Gasteiger partial charge in [-0.05, 0) is 24.1 Å². The Balaban J connectivity index is 2.82. The van der Waals surface area contributed by atoms with Crippen LogP contribution in [0.5, 0.6) is 0 Å². The number of aromatic nitrogens is 1. The second-order valence-corrected chi connectivity index (χ2v) is 2.53. The number of hydrogen-bond donors (Lipinski definition) is 0. The topological polar surface area (TPSA) is 12.9 Å². The molecule has 0 aromatic carbocycles. The van der Waals surface area contributed by atoms with Gasteiger partial charge in [-0.1, -0.05) is 13.0 Å². The molecule has 0 aliphatic heterocycles. The van der Waals surface area contributed by atoms with E-state index in [2.05, 4.69) is 18.5 Å². The van der Waals surface area contributed by atoms with Crippen molar-refractivity contribution in [2.75, 3.05) is 0 Å². The molecule has 0 N–H and O–H groups in total. The van der Waals surface area contributed by atoms with Gasteiger partial charge in [-0.3, -0.25) is 4.98 Å². The van der Waals surface area contributed by atoms with E-state index in [-0.39, 0.29) is 0 Å². The Morgan fingerprint density at radius 2 is 2.18 bits per heavy atom. The minimum atomic E-state index is 0.484. The molecule has 0 amide bonds. The standard InChI is InChI=1S/C10H13N/c1-3-9(4-2)10-5-7-11-8-6-10/h3,5-9H,1,4H2,2H3/t9-/m1/s1. The fraction of sp³-hybridized carbons (Fsp3) is 0.300. The van der Waals surface area contributed by atoms with Crippen molar-refractivity contribution in [3.63, 3.8) is 0 Å². The summed E-state index contributed by atoms with van der Waals surface area (Å²) in [6.45, 7) is 5.95. The van der Waals surface area contributed by atoms with Crippen LogP contribution < -0.4 is 0 Å². The highest BCUT2D eigenvalue weighted by molar-refractivity contribution is 5.19. The van der Waals surface area contributed by atoms with Gasteiger partial charge in [0.15, 0.2) is 0 Å². The van der Waals surface area contributed by atoms with Crippen LogP contribution in [-0.4, -0.2) is 4.98 Å². The molecule has 0 fully saturated rings. The zero-order valence-corrected chi connectivity index (χ0v) is 6.83. The molecule has 0 spiro atoms. The maximum Gasteiger partial charge on any atom is 0.0270 e. The summed E-state index contributed by atoms with van der Waals surface area (Å²) in [5.74, 6) is 0.484. The number of allylic oxidation sites excluding steroid dienone is 1. The largest absolute Gasteiger partial charge is 0.265 e. The second kappa shape index (κ2) is 3.91. The smallest absolute Gasteiger partial charge is 0.0270 e. The zero-order valence-electron chi connectivity index (χ0n) is 6.83.